The van der Waals surface area contributed by atoms with Crippen molar-refractivity contribution in [1.82, 2.24) is 5.32 Å². The van der Waals surface area contributed by atoms with Gasteiger partial charge in [0.05, 0.1) is 42.3 Å². The predicted octanol–water partition coefficient (Wildman–Crippen LogP) is 2.23. The number of carbonyl (C=O) groups excluding carboxylic acids is 5. The van der Waals surface area contributed by atoms with Gasteiger partial charge in [0, 0.05) is 25.2 Å². The molecule has 6 N–H and O–H groups in total. The topological polar surface area (TPSA) is 245 Å². The lowest BCUT2D eigenvalue weighted by Crippen LogP contribution is -2.81. The van der Waals surface area contributed by atoms with Crippen LogP contribution in [0.2, 0.25) is 0 Å². The maximum absolute atomic E-state index is 15.0. The van der Waals surface area contributed by atoms with Gasteiger partial charge in [0.25, 0.3) is 0 Å². The number of esters is 3. The number of aliphatic hydroxyl groups is 5. The molecule has 2 saturated carbocycles. The number of Topliss-reactive ketones (excluding diaryl/α,β-unsaturated/α-hetero) is 1. The van der Waals surface area contributed by atoms with Crippen LogP contribution in [0.15, 0.2) is 71.8 Å². The first-order chi connectivity index (χ1) is 27.6. The van der Waals surface area contributed by atoms with Crippen LogP contribution in [0.25, 0.3) is 0 Å². The van der Waals surface area contributed by atoms with Crippen LogP contribution in [0.1, 0.15) is 83.3 Å². The summed E-state index contributed by atoms with van der Waals surface area (Å²) in [6.45, 7) is 9.14. The second kappa shape index (κ2) is 15.7. The average molecular weight is 824 g/mol. The number of amides is 1. The van der Waals surface area contributed by atoms with Crippen LogP contribution in [0.4, 0.5) is 4.79 Å². The molecular weight excluding hydrogens is 770 g/mol. The summed E-state index contributed by atoms with van der Waals surface area (Å²) in [5, 5.41) is 61.1. The van der Waals surface area contributed by atoms with Crippen LogP contribution in [0.3, 0.4) is 0 Å². The quantitative estimate of drug-likeness (QED) is 0.114. The zero-order valence-corrected chi connectivity index (χ0v) is 34.0. The van der Waals surface area contributed by atoms with Crippen molar-refractivity contribution in [1.29, 1.82) is 0 Å². The first kappa shape index (κ1) is 43.9. The lowest BCUT2D eigenvalue weighted by molar-refractivity contribution is -0.346. The Hall–Kier alpha value is -4.71. The van der Waals surface area contributed by atoms with Crippen molar-refractivity contribution in [2.75, 3.05) is 13.2 Å². The van der Waals surface area contributed by atoms with Crippen molar-refractivity contribution >= 4 is 29.8 Å². The Labute approximate surface area is 341 Å². The predicted molar refractivity (Wildman–Crippen MR) is 205 cm³/mol. The Morgan fingerprint density at radius 3 is 2.15 bits per heavy atom. The van der Waals surface area contributed by atoms with Gasteiger partial charge in [0.2, 0.25) is 0 Å². The summed E-state index contributed by atoms with van der Waals surface area (Å²) in [7, 11) is 0. The fourth-order valence-corrected chi connectivity index (χ4v) is 9.56. The summed E-state index contributed by atoms with van der Waals surface area (Å²) in [5.41, 5.74) is -8.74. The summed E-state index contributed by atoms with van der Waals surface area (Å²) >= 11 is 0. The molecule has 0 spiro atoms. The molecule has 3 aliphatic carbocycles. The molecule has 0 radical (unpaired) electrons. The standard InChI is InChI=1S/C43H53NO15/c1-22-26(56-37(52)32(49)30(24-14-10-8-11-15-24)44-38(53)59-39(3,4)20-45)19-43(54)35(57-36(51)25-16-12-9-13-17-25)33-41(7,34(50)31(48)29(22)40(43,5)6)27(47)18-28-42(33,21-55-28)58-23(2)46/h8-17,26-28,30-33,35,45,47-49,54H,18-21H2,1-7H3,(H,44,53)/t26-,27+,28-,30-,31-,32-,33+,35+,41+,42-,43-/m1/s1. The minimum absolute atomic E-state index is 0.0672. The average Bonchev–Trinajstić information content (AvgIpc) is 3.18. The maximum Gasteiger partial charge on any atom is 0.408 e. The minimum Gasteiger partial charge on any atom is -0.456 e. The number of carbonyl (C=O) groups is 5. The summed E-state index contributed by atoms with van der Waals surface area (Å²) in [6.07, 6.45) is -11.8. The van der Waals surface area contributed by atoms with Crippen molar-refractivity contribution in [3.63, 3.8) is 0 Å². The highest BCUT2D eigenvalue weighted by Crippen LogP contribution is 2.64. The number of ether oxygens (including phenoxy) is 5. The number of aliphatic hydroxyl groups excluding tert-OH is 4. The second-order valence-corrected chi connectivity index (χ2v) is 17.4. The van der Waals surface area contributed by atoms with Gasteiger partial charge in [0.1, 0.15) is 35.6 Å². The van der Waals surface area contributed by atoms with Gasteiger partial charge in [-0.05, 0) is 56.5 Å². The molecule has 1 saturated heterocycles. The third-order valence-electron chi connectivity index (χ3n) is 12.9. The van der Waals surface area contributed by atoms with Crippen LogP contribution in [0.5, 0.6) is 0 Å². The van der Waals surface area contributed by atoms with Crippen LogP contribution < -0.4 is 5.32 Å². The number of nitrogens with one attached hydrogen (secondary N) is 1. The third kappa shape index (κ3) is 7.33. The molecule has 3 fully saturated rings. The molecule has 16 heteroatoms. The Bertz CT molecular complexity index is 2000. The lowest BCUT2D eigenvalue weighted by Gasteiger charge is -2.67. The van der Waals surface area contributed by atoms with E-state index >= 15 is 0 Å². The van der Waals surface area contributed by atoms with E-state index in [9.17, 15) is 49.5 Å². The molecule has 4 aliphatic rings. The van der Waals surface area contributed by atoms with Crippen molar-refractivity contribution < 1.29 is 73.2 Å². The smallest absolute Gasteiger partial charge is 0.408 e. The monoisotopic (exact) mass is 823 g/mol. The van der Waals surface area contributed by atoms with E-state index in [4.69, 9.17) is 23.7 Å². The molecule has 59 heavy (non-hydrogen) atoms. The normalized spacial score (nSPS) is 33.3. The van der Waals surface area contributed by atoms with Gasteiger partial charge in [-0.2, -0.15) is 0 Å². The molecule has 2 bridgehead atoms. The molecule has 0 unspecified atom stereocenters. The van der Waals surface area contributed by atoms with E-state index in [1.807, 2.05) is 0 Å². The Balaban J connectivity index is 1.48. The van der Waals surface area contributed by atoms with Gasteiger partial charge in [0.15, 0.2) is 17.5 Å². The van der Waals surface area contributed by atoms with Crippen LogP contribution >= 0.6 is 0 Å². The molecule has 16 nitrogen and oxygen atoms in total. The first-order valence-electron chi connectivity index (χ1n) is 19.5. The molecule has 320 valence electrons. The van der Waals surface area contributed by atoms with E-state index < -0.39 is 119 Å². The molecule has 1 amide bonds. The molecule has 0 aromatic heterocycles. The first-order valence-corrected chi connectivity index (χ1v) is 19.5. The molecular formula is C43H53NO15. The fraction of sp³-hybridized carbons (Fsp3) is 0.558. The van der Waals surface area contributed by atoms with Gasteiger partial charge in [-0.25, -0.2) is 14.4 Å². The van der Waals surface area contributed by atoms with Gasteiger partial charge in [-0.1, -0.05) is 62.4 Å². The number of fused-ring (bicyclic) bond motifs is 5. The van der Waals surface area contributed by atoms with Crippen LogP contribution in [0, 0.1) is 16.7 Å². The van der Waals surface area contributed by atoms with E-state index in [1.165, 1.54) is 65.8 Å². The van der Waals surface area contributed by atoms with E-state index in [0.29, 0.717) is 0 Å². The molecule has 1 aliphatic heterocycles. The molecule has 6 rings (SSSR count). The Morgan fingerprint density at radius 1 is 0.983 bits per heavy atom. The van der Waals surface area contributed by atoms with E-state index in [-0.39, 0.29) is 35.3 Å². The minimum atomic E-state index is -2.38. The van der Waals surface area contributed by atoms with E-state index in [1.54, 1.807) is 36.4 Å². The van der Waals surface area contributed by atoms with Gasteiger partial charge < -0.3 is 54.5 Å². The summed E-state index contributed by atoms with van der Waals surface area (Å²) in [5.74, 6) is -5.47. The Kier molecular flexibility index (Phi) is 11.7. The molecule has 1 heterocycles. The number of hydrogen-bond donors (Lipinski definition) is 6. The number of rotatable bonds is 10. The SMILES string of the molecule is CC(=O)O[C@]12CO[C@@H]1C[C@H](O)[C@]1(C)C(=O)[C@H](O)C3=C(C)[C@H](OC(=O)[C@H](O)[C@H](NC(=O)OC(C)(C)CO)c4ccccc4)C[C@@](O)([C@@H](OC(=O)c4ccccc4)[C@H]21)C3(C)C. The van der Waals surface area contributed by atoms with Crippen molar-refractivity contribution in [2.24, 2.45) is 16.7 Å². The number of alkyl carbamates (subject to hydrolysis) is 1. The van der Waals surface area contributed by atoms with Gasteiger partial charge in [-0.15, -0.1) is 0 Å². The van der Waals surface area contributed by atoms with Gasteiger partial charge in [-0.3, -0.25) is 9.59 Å². The van der Waals surface area contributed by atoms with Crippen molar-refractivity contribution in [3.8, 4) is 0 Å². The highest BCUT2D eigenvalue weighted by atomic mass is 16.6. The maximum atomic E-state index is 15.0. The summed E-state index contributed by atoms with van der Waals surface area (Å²) in [6, 6.07) is 14.3. The highest BCUT2D eigenvalue weighted by Gasteiger charge is 2.78. The Morgan fingerprint density at radius 2 is 1.59 bits per heavy atom. The zero-order valence-electron chi connectivity index (χ0n) is 34.0. The number of ketones is 1. The molecule has 2 aromatic rings. The van der Waals surface area contributed by atoms with Crippen LogP contribution in [-0.4, -0.2) is 122 Å². The lowest BCUT2D eigenvalue weighted by atomic mass is 9.44. The highest BCUT2D eigenvalue weighted by molar-refractivity contribution is 5.94. The summed E-state index contributed by atoms with van der Waals surface area (Å²) < 4.78 is 29.4. The largest absolute Gasteiger partial charge is 0.456 e. The van der Waals surface area contributed by atoms with Crippen LogP contribution in [-0.2, 0) is 38.1 Å². The third-order valence-corrected chi connectivity index (χ3v) is 12.9. The number of hydrogen-bond acceptors (Lipinski definition) is 15. The second-order valence-electron chi connectivity index (χ2n) is 17.4. The van der Waals surface area contributed by atoms with E-state index in [0.717, 1.165) is 6.92 Å². The summed E-state index contributed by atoms with van der Waals surface area (Å²) in [4.78, 5) is 69.0. The number of benzene rings is 2. The zero-order chi connectivity index (χ0) is 43.5. The van der Waals surface area contributed by atoms with Gasteiger partial charge >= 0.3 is 24.0 Å². The fourth-order valence-electron chi connectivity index (χ4n) is 9.56. The molecule has 11 atom stereocenters. The molecule has 2 aromatic carbocycles. The van der Waals surface area contributed by atoms with E-state index in [2.05, 4.69) is 5.32 Å². The van der Waals surface area contributed by atoms with Crippen molar-refractivity contribution in [2.45, 2.75) is 121 Å². The van der Waals surface area contributed by atoms with Crippen molar-refractivity contribution in [3.05, 3.63) is 82.9 Å².